The molecule has 1 N–H and O–H groups in total. The number of aromatic nitrogens is 1. The van der Waals surface area contributed by atoms with Crippen LogP contribution in [0.25, 0.3) is 0 Å². The quantitative estimate of drug-likeness (QED) is 0.875. The van der Waals surface area contributed by atoms with E-state index in [0.29, 0.717) is 10.2 Å². The molecule has 1 aromatic carbocycles. The van der Waals surface area contributed by atoms with E-state index in [-0.39, 0.29) is 8.68 Å². The maximum atomic E-state index is 12.2. The van der Waals surface area contributed by atoms with Gasteiger partial charge in [-0.2, -0.15) is 0 Å². The van der Waals surface area contributed by atoms with Gasteiger partial charge in [0.25, 0.3) is 10.0 Å². The fraction of sp³-hybridized carbons (Fsp3) is 0.182. The standard InChI is InChI=1S/C11H10BrClN2O2S2/c1-6-3-7(2)10(8(12)4-6)15-19(16,17)9-5-14-11(13)18-9/h3-5,15H,1-2H3. The number of halogens is 2. The van der Waals surface area contributed by atoms with Gasteiger partial charge in [-0.3, -0.25) is 4.72 Å². The Balaban J connectivity index is 2.41. The molecule has 0 bridgehead atoms. The number of rotatable bonds is 3. The molecule has 0 saturated heterocycles. The molecule has 0 aliphatic carbocycles. The maximum absolute atomic E-state index is 12.2. The number of hydrogen-bond acceptors (Lipinski definition) is 4. The third kappa shape index (κ3) is 3.28. The van der Waals surface area contributed by atoms with Gasteiger partial charge < -0.3 is 0 Å². The Hall–Kier alpha value is -0.630. The Bertz CT molecular complexity index is 705. The molecule has 0 unspecified atom stereocenters. The van der Waals surface area contributed by atoms with Crippen LogP contribution in [-0.2, 0) is 10.0 Å². The summed E-state index contributed by atoms with van der Waals surface area (Å²) in [5, 5.41) is 0. The summed E-state index contributed by atoms with van der Waals surface area (Å²) in [6.07, 6.45) is 1.24. The summed E-state index contributed by atoms with van der Waals surface area (Å²) in [7, 11) is -3.66. The van der Waals surface area contributed by atoms with E-state index in [2.05, 4.69) is 25.6 Å². The normalized spacial score (nSPS) is 11.6. The Morgan fingerprint density at radius 1 is 1.37 bits per heavy atom. The molecule has 1 aromatic heterocycles. The van der Waals surface area contributed by atoms with Gasteiger partial charge in [-0.05, 0) is 47.0 Å². The molecule has 1 heterocycles. The largest absolute Gasteiger partial charge is 0.277 e. The summed E-state index contributed by atoms with van der Waals surface area (Å²) < 4.78 is 27.9. The lowest BCUT2D eigenvalue weighted by atomic mass is 10.1. The van der Waals surface area contributed by atoms with Crippen LogP contribution in [0, 0.1) is 13.8 Å². The Kier molecular flexibility index (Phi) is 4.20. The molecule has 0 amide bonds. The van der Waals surface area contributed by atoms with E-state index in [1.165, 1.54) is 6.20 Å². The number of thiazole rings is 1. The number of hydrogen-bond donors (Lipinski definition) is 1. The molecular formula is C11H10BrClN2O2S2. The van der Waals surface area contributed by atoms with Gasteiger partial charge in [-0.15, -0.1) is 0 Å². The third-order valence-electron chi connectivity index (χ3n) is 2.39. The molecule has 19 heavy (non-hydrogen) atoms. The molecule has 102 valence electrons. The molecule has 0 radical (unpaired) electrons. The van der Waals surface area contributed by atoms with Crippen molar-refractivity contribution in [1.82, 2.24) is 4.98 Å². The van der Waals surface area contributed by atoms with Crippen molar-refractivity contribution in [2.45, 2.75) is 18.1 Å². The van der Waals surface area contributed by atoms with Crippen molar-refractivity contribution in [2.75, 3.05) is 4.72 Å². The maximum Gasteiger partial charge on any atom is 0.273 e. The van der Waals surface area contributed by atoms with Crippen molar-refractivity contribution in [2.24, 2.45) is 0 Å². The summed E-state index contributed by atoms with van der Waals surface area (Å²) in [6.45, 7) is 3.79. The van der Waals surface area contributed by atoms with Gasteiger partial charge in [0, 0.05) is 4.47 Å². The highest BCUT2D eigenvalue weighted by Gasteiger charge is 2.20. The second kappa shape index (κ2) is 5.40. The molecule has 4 nitrogen and oxygen atoms in total. The second-order valence-corrected chi connectivity index (χ2v) is 8.35. The van der Waals surface area contributed by atoms with E-state index < -0.39 is 10.0 Å². The number of aryl methyl sites for hydroxylation is 2. The number of nitrogens with one attached hydrogen (secondary N) is 1. The molecule has 2 rings (SSSR count). The smallest absolute Gasteiger partial charge is 0.273 e. The Morgan fingerprint density at radius 3 is 2.58 bits per heavy atom. The van der Waals surface area contributed by atoms with Gasteiger partial charge in [0.2, 0.25) is 0 Å². The molecular weight excluding hydrogens is 372 g/mol. The van der Waals surface area contributed by atoms with E-state index in [1.54, 1.807) is 0 Å². The Labute approximate surface area is 129 Å². The minimum atomic E-state index is -3.66. The van der Waals surface area contributed by atoms with Crippen molar-refractivity contribution in [3.05, 3.63) is 38.4 Å². The van der Waals surface area contributed by atoms with Crippen LogP contribution in [0.5, 0.6) is 0 Å². The van der Waals surface area contributed by atoms with Gasteiger partial charge >= 0.3 is 0 Å². The predicted molar refractivity (Wildman–Crippen MR) is 81.5 cm³/mol. The van der Waals surface area contributed by atoms with Crippen molar-refractivity contribution < 1.29 is 8.42 Å². The molecule has 8 heteroatoms. The second-order valence-electron chi connectivity index (χ2n) is 3.98. The summed E-state index contributed by atoms with van der Waals surface area (Å²) in [6, 6.07) is 3.76. The highest BCUT2D eigenvalue weighted by Crippen LogP contribution is 2.31. The van der Waals surface area contributed by atoms with E-state index >= 15 is 0 Å². The number of nitrogens with zero attached hydrogens (tertiary/aromatic N) is 1. The fourth-order valence-corrected chi connectivity index (χ4v) is 4.94. The number of anilines is 1. The molecule has 0 aliphatic heterocycles. The van der Waals surface area contributed by atoms with Crippen molar-refractivity contribution >= 4 is 54.6 Å². The molecule has 0 fully saturated rings. The van der Waals surface area contributed by atoms with Crippen molar-refractivity contribution in [1.29, 1.82) is 0 Å². The summed E-state index contributed by atoms with van der Waals surface area (Å²) in [5.41, 5.74) is 2.41. The topological polar surface area (TPSA) is 59.1 Å². The molecule has 2 aromatic rings. The van der Waals surface area contributed by atoms with Gasteiger partial charge in [0.15, 0.2) is 8.68 Å². The van der Waals surface area contributed by atoms with Crippen LogP contribution in [-0.4, -0.2) is 13.4 Å². The average Bonchev–Trinajstić information content (AvgIpc) is 2.71. The number of benzene rings is 1. The van der Waals surface area contributed by atoms with Crippen LogP contribution in [0.1, 0.15) is 11.1 Å². The zero-order chi connectivity index (χ0) is 14.2. The lowest BCUT2D eigenvalue weighted by Crippen LogP contribution is -2.13. The zero-order valence-electron chi connectivity index (χ0n) is 10.1. The van der Waals surface area contributed by atoms with Crippen molar-refractivity contribution in [3.8, 4) is 0 Å². The van der Waals surface area contributed by atoms with Crippen molar-refractivity contribution in [3.63, 3.8) is 0 Å². The van der Waals surface area contributed by atoms with Crippen LogP contribution in [0.2, 0.25) is 4.47 Å². The monoisotopic (exact) mass is 380 g/mol. The van der Waals surface area contributed by atoms with Gasteiger partial charge in [0.05, 0.1) is 11.9 Å². The van der Waals surface area contributed by atoms with Gasteiger partial charge in [-0.25, -0.2) is 13.4 Å². The predicted octanol–water partition coefficient (Wildman–Crippen LogP) is 3.98. The lowest BCUT2D eigenvalue weighted by molar-refractivity contribution is 0.603. The van der Waals surface area contributed by atoms with Crippen LogP contribution in [0.4, 0.5) is 5.69 Å². The van der Waals surface area contributed by atoms with Gasteiger partial charge in [-0.1, -0.05) is 29.0 Å². The van der Waals surface area contributed by atoms with Crippen LogP contribution in [0.15, 0.2) is 27.0 Å². The third-order valence-corrected chi connectivity index (χ3v) is 5.94. The highest BCUT2D eigenvalue weighted by molar-refractivity contribution is 9.10. The summed E-state index contributed by atoms with van der Waals surface area (Å²) >= 11 is 9.94. The van der Waals surface area contributed by atoms with Crippen LogP contribution >= 0.6 is 38.9 Å². The first kappa shape index (κ1) is 14.8. The van der Waals surface area contributed by atoms with Gasteiger partial charge in [0.1, 0.15) is 0 Å². The Morgan fingerprint density at radius 2 is 2.05 bits per heavy atom. The van der Waals surface area contributed by atoms with E-state index in [9.17, 15) is 8.42 Å². The lowest BCUT2D eigenvalue weighted by Gasteiger charge is -2.12. The summed E-state index contributed by atoms with van der Waals surface area (Å²) in [5.74, 6) is 0. The van der Waals surface area contributed by atoms with E-state index in [4.69, 9.17) is 11.6 Å². The SMILES string of the molecule is Cc1cc(C)c(NS(=O)(=O)c2cnc(Cl)s2)c(Br)c1. The molecule has 0 saturated carbocycles. The minimum Gasteiger partial charge on any atom is -0.277 e. The first-order valence-corrected chi connectivity index (χ1v) is 8.67. The molecule has 0 spiro atoms. The number of sulfonamides is 1. The minimum absolute atomic E-state index is 0.0874. The average molecular weight is 382 g/mol. The van der Waals surface area contributed by atoms with Crippen LogP contribution in [0.3, 0.4) is 0 Å². The zero-order valence-corrected chi connectivity index (χ0v) is 14.0. The van der Waals surface area contributed by atoms with E-state index in [1.807, 2.05) is 26.0 Å². The summed E-state index contributed by atoms with van der Waals surface area (Å²) in [4.78, 5) is 3.74. The van der Waals surface area contributed by atoms with Crippen LogP contribution < -0.4 is 4.72 Å². The first-order chi connectivity index (χ1) is 8.79. The first-order valence-electron chi connectivity index (χ1n) is 5.20. The molecule has 0 aliphatic rings. The van der Waals surface area contributed by atoms with E-state index in [0.717, 1.165) is 22.5 Å². The molecule has 0 atom stereocenters. The fourth-order valence-electron chi connectivity index (χ4n) is 1.59. The highest BCUT2D eigenvalue weighted by atomic mass is 79.9.